The summed E-state index contributed by atoms with van der Waals surface area (Å²) < 4.78 is 0. The van der Waals surface area contributed by atoms with Crippen LogP contribution < -0.4 is 16.0 Å². The van der Waals surface area contributed by atoms with Gasteiger partial charge in [0.2, 0.25) is 5.91 Å². The monoisotopic (exact) mass is 317 g/mol. The zero-order valence-electron chi connectivity index (χ0n) is 14.2. The minimum Gasteiger partial charge on any atom is -0.357 e. The van der Waals surface area contributed by atoms with Gasteiger partial charge in [-0.15, -0.1) is 6.58 Å². The summed E-state index contributed by atoms with van der Waals surface area (Å²) in [5.41, 5.74) is 1.82. The van der Waals surface area contributed by atoms with Crippen molar-refractivity contribution < 1.29 is 4.79 Å². The topological polar surface area (TPSA) is 68.8 Å². The molecule has 0 aliphatic rings. The van der Waals surface area contributed by atoms with Crippen LogP contribution in [0.3, 0.4) is 0 Å². The van der Waals surface area contributed by atoms with Gasteiger partial charge in [0, 0.05) is 18.8 Å². The lowest BCUT2D eigenvalue weighted by molar-refractivity contribution is -0.116. The maximum atomic E-state index is 11.8. The quantitative estimate of drug-likeness (QED) is 0.385. The van der Waals surface area contributed by atoms with Crippen molar-refractivity contribution in [2.45, 2.75) is 13.5 Å². The van der Waals surface area contributed by atoms with Gasteiger partial charge in [0.15, 0.2) is 5.96 Å². The van der Waals surface area contributed by atoms with E-state index in [9.17, 15) is 4.79 Å². The highest BCUT2D eigenvalue weighted by Gasteiger charge is 2.04. The molecule has 0 aliphatic carbocycles. The summed E-state index contributed by atoms with van der Waals surface area (Å²) in [6.07, 6.45) is 1.79. The Bertz CT molecular complexity index is 540. The predicted molar refractivity (Wildman–Crippen MR) is 96.6 cm³/mol. The summed E-state index contributed by atoms with van der Waals surface area (Å²) >= 11 is 0. The number of amides is 1. The number of benzene rings is 1. The lowest BCUT2D eigenvalue weighted by Gasteiger charge is -2.11. The molecule has 1 rings (SSSR count). The molecule has 0 fully saturated rings. The smallest absolute Gasteiger partial charge is 0.238 e. The van der Waals surface area contributed by atoms with Crippen LogP contribution in [0, 0.1) is 0 Å². The first-order chi connectivity index (χ1) is 11.0. The number of carbonyl (C=O) groups excluding carboxylic acids is 1. The molecule has 126 valence electrons. The van der Waals surface area contributed by atoms with Crippen LogP contribution in [0.2, 0.25) is 0 Å². The van der Waals surface area contributed by atoms with Crippen LogP contribution >= 0.6 is 0 Å². The number of nitrogens with one attached hydrogen (secondary N) is 3. The third-order valence-corrected chi connectivity index (χ3v) is 2.85. The maximum Gasteiger partial charge on any atom is 0.238 e. The van der Waals surface area contributed by atoms with Crippen molar-refractivity contribution in [2.24, 2.45) is 4.99 Å². The number of guanidine groups is 1. The molecule has 0 saturated heterocycles. The van der Waals surface area contributed by atoms with E-state index in [1.165, 1.54) is 0 Å². The van der Waals surface area contributed by atoms with Crippen LogP contribution in [-0.4, -0.2) is 50.5 Å². The molecule has 0 aliphatic heterocycles. The Morgan fingerprint density at radius 3 is 2.78 bits per heavy atom. The van der Waals surface area contributed by atoms with Crippen molar-refractivity contribution in [1.29, 1.82) is 0 Å². The molecular weight excluding hydrogens is 290 g/mol. The fraction of sp³-hybridized carbons (Fsp3) is 0.412. The van der Waals surface area contributed by atoms with Crippen molar-refractivity contribution in [1.82, 2.24) is 15.5 Å². The number of hydrogen-bond donors (Lipinski definition) is 3. The van der Waals surface area contributed by atoms with Crippen LogP contribution in [0.15, 0.2) is 41.9 Å². The lowest BCUT2D eigenvalue weighted by atomic mass is 10.2. The van der Waals surface area contributed by atoms with E-state index in [1.54, 1.807) is 6.08 Å². The van der Waals surface area contributed by atoms with Gasteiger partial charge in [0.25, 0.3) is 0 Å². The molecule has 0 saturated carbocycles. The Hall–Kier alpha value is -2.34. The standard InChI is InChI=1S/C17H27N5O/c1-5-10-19-17(18-6-2)20-12-14-8-7-9-15(11-14)21-16(23)13-22(3)4/h5,7-9,11H,1,6,10,12-13H2,2-4H3,(H,21,23)(H2,18,19,20). The van der Waals surface area contributed by atoms with E-state index in [2.05, 4.69) is 27.5 Å². The van der Waals surface area contributed by atoms with E-state index in [0.717, 1.165) is 23.8 Å². The minimum atomic E-state index is -0.0309. The average molecular weight is 317 g/mol. The molecule has 23 heavy (non-hydrogen) atoms. The molecule has 1 aromatic rings. The molecule has 0 spiro atoms. The van der Waals surface area contributed by atoms with Gasteiger partial charge in [0.1, 0.15) is 0 Å². The zero-order chi connectivity index (χ0) is 17.1. The first kappa shape index (κ1) is 18.7. The second-order valence-corrected chi connectivity index (χ2v) is 5.35. The molecule has 6 nitrogen and oxygen atoms in total. The molecule has 0 unspecified atom stereocenters. The van der Waals surface area contributed by atoms with E-state index in [1.807, 2.05) is 50.2 Å². The van der Waals surface area contributed by atoms with Gasteiger partial charge in [-0.05, 0) is 38.7 Å². The first-order valence-electron chi connectivity index (χ1n) is 7.71. The van der Waals surface area contributed by atoms with Gasteiger partial charge < -0.3 is 20.9 Å². The fourth-order valence-corrected chi connectivity index (χ4v) is 1.92. The van der Waals surface area contributed by atoms with Crippen LogP contribution in [-0.2, 0) is 11.3 Å². The Morgan fingerprint density at radius 2 is 2.13 bits per heavy atom. The summed E-state index contributed by atoms with van der Waals surface area (Å²) in [6, 6.07) is 7.72. The van der Waals surface area contributed by atoms with Crippen molar-refractivity contribution in [3.8, 4) is 0 Å². The summed E-state index contributed by atoms with van der Waals surface area (Å²) in [5.74, 6) is 0.714. The number of rotatable bonds is 8. The molecule has 6 heteroatoms. The normalized spacial score (nSPS) is 11.2. The highest BCUT2D eigenvalue weighted by molar-refractivity contribution is 5.92. The highest BCUT2D eigenvalue weighted by Crippen LogP contribution is 2.11. The Kier molecular flexibility index (Phi) is 8.46. The minimum absolute atomic E-state index is 0.0309. The zero-order valence-corrected chi connectivity index (χ0v) is 14.2. The van der Waals surface area contributed by atoms with E-state index < -0.39 is 0 Å². The molecule has 1 amide bonds. The van der Waals surface area contributed by atoms with E-state index in [4.69, 9.17) is 0 Å². The number of hydrogen-bond acceptors (Lipinski definition) is 3. The molecule has 0 aromatic heterocycles. The summed E-state index contributed by atoms with van der Waals surface area (Å²) in [4.78, 5) is 18.1. The van der Waals surface area contributed by atoms with Gasteiger partial charge in [-0.25, -0.2) is 4.99 Å². The number of nitrogens with zero attached hydrogens (tertiary/aromatic N) is 2. The first-order valence-corrected chi connectivity index (χ1v) is 7.71. The van der Waals surface area contributed by atoms with Crippen molar-refractivity contribution in [2.75, 3.05) is 39.0 Å². The molecule has 3 N–H and O–H groups in total. The molecule has 0 radical (unpaired) electrons. The summed E-state index contributed by atoms with van der Waals surface area (Å²) in [5, 5.41) is 9.21. The molecule has 1 aromatic carbocycles. The van der Waals surface area contributed by atoms with Crippen molar-refractivity contribution in [3.63, 3.8) is 0 Å². The Labute approximate surface area is 138 Å². The average Bonchev–Trinajstić information content (AvgIpc) is 2.49. The number of likely N-dealkylation sites (N-methyl/N-ethyl adjacent to an activating group) is 1. The summed E-state index contributed by atoms with van der Waals surface area (Å²) in [7, 11) is 3.73. The SMILES string of the molecule is C=CCNC(=NCc1cccc(NC(=O)CN(C)C)c1)NCC. The lowest BCUT2D eigenvalue weighted by Crippen LogP contribution is -2.37. The molecule has 0 bridgehead atoms. The molecule has 0 heterocycles. The second kappa shape index (κ2) is 10.4. The van der Waals surface area contributed by atoms with E-state index >= 15 is 0 Å². The fourth-order valence-electron chi connectivity index (χ4n) is 1.92. The van der Waals surface area contributed by atoms with Gasteiger partial charge >= 0.3 is 0 Å². The predicted octanol–water partition coefficient (Wildman–Crippen LogP) is 1.43. The van der Waals surface area contributed by atoms with Crippen LogP contribution in [0.5, 0.6) is 0 Å². The second-order valence-electron chi connectivity index (χ2n) is 5.35. The highest BCUT2D eigenvalue weighted by atomic mass is 16.2. The van der Waals surface area contributed by atoms with Gasteiger partial charge in [0.05, 0.1) is 13.1 Å². The number of anilines is 1. The van der Waals surface area contributed by atoms with Gasteiger partial charge in [-0.3, -0.25) is 4.79 Å². The van der Waals surface area contributed by atoms with E-state index in [0.29, 0.717) is 19.6 Å². The Morgan fingerprint density at radius 1 is 1.35 bits per heavy atom. The van der Waals surface area contributed by atoms with Crippen LogP contribution in [0.25, 0.3) is 0 Å². The summed E-state index contributed by atoms with van der Waals surface area (Å²) in [6.45, 7) is 8.05. The van der Waals surface area contributed by atoms with Crippen LogP contribution in [0.1, 0.15) is 12.5 Å². The van der Waals surface area contributed by atoms with Crippen molar-refractivity contribution in [3.05, 3.63) is 42.5 Å². The third-order valence-electron chi connectivity index (χ3n) is 2.85. The van der Waals surface area contributed by atoms with E-state index in [-0.39, 0.29) is 5.91 Å². The van der Waals surface area contributed by atoms with Gasteiger partial charge in [-0.2, -0.15) is 0 Å². The van der Waals surface area contributed by atoms with Gasteiger partial charge in [-0.1, -0.05) is 18.2 Å². The Balaban J connectivity index is 2.67. The largest absolute Gasteiger partial charge is 0.357 e. The molecule has 0 atom stereocenters. The third kappa shape index (κ3) is 8.01. The number of carbonyl (C=O) groups is 1. The van der Waals surface area contributed by atoms with Crippen molar-refractivity contribution >= 4 is 17.6 Å². The maximum absolute atomic E-state index is 11.8. The van der Waals surface area contributed by atoms with Crippen LogP contribution in [0.4, 0.5) is 5.69 Å². The molecular formula is C17H27N5O. The number of aliphatic imine (C=N–C) groups is 1.